The van der Waals surface area contributed by atoms with E-state index in [1.54, 1.807) is 18.2 Å². The molecule has 12 heavy (non-hydrogen) atoms. The first kappa shape index (κ1) is 8.30. The highest BCUT2D eigenvalue weighted by atomic mass is 35.5. The Morgan fingerprint density at radius 3 is 2.67 bits per heavy atom. The third kappa shape index (κ3) is 1.11. The van der Waals surface area contributed by atoms with Crippen molar-refractivity contribution in [2.75, 3.05) is 0 Å². The van der Waals surface area contributed by atoms with E-state index in [-0.39, 0.29) is 4.34 Å². The van der Waals surface area contributed by atoms with Crippen molar-refractivity contribution in [3.8, 4) is 0 Å². The molecule has 0 saturated carbocycles. The Balaban J connectivity index is 2.97. The van der Waals surface area contributed by atoms with Crippen molar-refractivity contribution in [1.82, 2.24) is 0 Å². The van der Waals surface area contributed by atoms with Crippen LogP contribution in [0.1, 0.15) is 0 Å². The second-order valence-electron chi connectivity index (χ2n) is 2.30. The van der Waals surface area contributed by atoms with Gasteiger partial charge >= 0.3 is 0 Å². The summed E-state index contributed by atoms with van der Waals surface area (Å²) < 4.78 is 14.2. The summed E-state index contributed by atoms with van der Waals surface area (Å²) >= 11 is 12.6. The van der Waals surface area contributed by atoms with Gasteiger partial charge in [-0.2, -0.15) is 0 Å². The van der Waals surface area contributed by atoms with Crippen molar-refractivity contribution in [3.63, 3.8) is 0 Å². The minimum Gasteiger partial charge on any atom is -0.204 e. The van der Waals surface area contributed by atoms with Crippen LogP contribution in [0.3, 0.4) is 0 Å². The lowest BCUT2D eigenvalue weighted by Crippen LogP contribution is -1.70. The Morgan fingerprint density at radius 1 is 1.25 bits per heavy atom. The van der Waals surface area contributed by atoms with Crippen molar-refractivity contribution in [3.05, 3.63) is 33.4 Å². The normalized spacial score (nSPS) is 10.9. The molecule has 1 aromatic heterocycles. The molecule has 0 radical (unpaired) electrons. The highest BCUT2D eigenvalue weighted by molar-refractivity contribution is 7.22. The number of halogens is 3. The standard InChI is InChI=1S/C8H3Cl2FS/c9-4-2-1-3-5-6(4)7(11)8(10)12-5/h1-3H. The molecule has 0 aliphatic rings. The number of rotatable bonds is 0. The average molecular weight is 221 g/mol. The van der Waals surface area contributed by atoms with Gasteiger partial charge in [-0.3, -0.25) is 0 Å². The molecule has 0 fully saturated rings. The third-order valence-electron chi connectivity index (χ3n) is 1.57. The van der Waals surface area contributed by atoms with E-state index < -0.39 is 5.82 Å². The zero-order valence-corrected chi connectivity index (χ0v) is 8.10. The molecule has 0 spiro atoms. The largest absolute Gasteiger partial charge is 0.204 e. The van der Waals surface area contributed by atoms with Crippen LogP contribution in [0.5, 0.6) is 0 Å². The number of hydrogen-bond donors (Lipinski definition) is 0. The minimum absolute atomic E-state index is 0.165. The molecule has 0 bridgehead atoms. The number of fused-ring (bicyclic) bond motifs is 1. The van der Waals surface area contributed by atoms with Gasteiger partial charge < -0.3 is 0 Å². The molecule has 0 nitrogen and oxygen atoms in total. The summed E-state index contributed by atoms with van der Waals surface area (Å²) in [5.74, 6) is -0.415. The van der Waals surface area contributed by atoms with E-state index in [0.29, 0.717) is 10.4 Å². The van der Waals surface area contributed by atoms with Gasteiger partial charge in [-0.15, -0.1) is 11.3 Å². The van der Waals surface area contributed by atoms with Crippen LogP contribution in [-0.4, -0.2) is 0 Å². The van der Waals surface area contributed by atoms with E-state index >= 15 is 0 Å². The second kappa shape index (κ2) is 2.87. The maximum absolute atomic E-state index is 13.2. The lowest BCUT2D eigenvalue weighted by Gasteiger charge is -1.91. The smallest absolute Gasteiger partial charge is 0.162 e. The van der Waals surface area contributed by atoms with Crippen LogP contribution in [0.4, 0.5) is 4.39 Å². The van der Waals surface area contributed by atoms with E-state index in [9.17, 15) is 4.39 Å². The fraction of sp³-hybridized carbons (Fsp3) is 0. The van der Waals surface area contributed by atoms with Gasteiger partial charge in [0.15, 0.2) is 5.82 Å². The van der Waals surface area contributed by atoms with Crippen molar-refractivity contribution >= 4 is 44.6 Å². The molecule has 0 unspecified atom stereocenters. The molecule has 0 aliphatic heterocycles. The molecular formula is C8H3Cl2FS. The second-order valence-corrected chi connectivity index (χ2v) is 4.36. The van der Waals surface area contributed by atoms with E-state index in [2.05, 4.69) is 0 Å². The van der Waals surface area contributed by atoms with Gasteiger partial charge in [-0.05, 0) is 12.1 Å². The van der Waals surface area contributed by atoms with Crippen LogP contribution in [0, 0.1) is 5.82 Å². The quantitative estimate of drug-likeness (QED) is 0.620. The number of hydrogen-bond acceptors (Lipinski definition) is 1. The van der Waals surface area contributed by atoms with Gasteiger partial charge in [0.1, 0.15) is 4.34 Å². The molecule has 0 saturated heterocycles. The van der Waals surface area contributed by atoms with Crippen LogP contribution in [0.15, 0.2) is 18.2 Å². The van der Waals surface area contributed by atoms with Crippen molar-refractivity contribution in [1.29, 1.82) is 0 Å². The fourth-order valence-electron chi connectivity index (χ4n) is 1.04. The molecule has 4 heteroatoms. The molecule has 0 N–H and O–H groups in total. The van der Waals surface area contributed by atoms with E-state index in [0.717, 1.165) is 4.70 Å². The van der Waals surface area contributed by atoms with Gasteiger partial charge in [-0.1, -0.05) is 29.3 Å². The molecule has 2 aromatic rings. The Labute approximate surface area is 82.5 Å². The molecule has 0 aliphatic carbocycles. The van der Waals surface area contributed by atoms with Gasteiger partial charge in [0.25, 0.3) is 0 Å². The topological polar surface area (TPSA) is 0 Å². The lowest BCUT2D eigenvalue weighted by molar-refractivity contribution is 0.644. The summed E-state index contributed by atoms with van der Waals surface area (Å²) in [5.41, 5.74) is 0. The fourth-order valence-corrected chi connectivity index (χ4v) is 2.53. The van der Waals surface area contributed by atoms with Crippen molar-refractivity contribution in [2.45, 2.75) is 0 Å². The summed E-state index contributed by atoms with van der Waals surface area (Å²) in [7, 11) is 0. The first-order valence-corrected chi connectivity index (χ1v) is 4.79. The van der Waals surface area contributed by atoms with Gasteiger partial charge in [0, 0.05) is 10.1 Å². The Morgan fingerprint density at radius 2 is 2.00 bits per heavy atom. The summed E-state index contributed by atoms with van der Waals surface area (Å²) in [6.45, 7) is 0. The van der Waals surface area contributed by atoms with Crippen LogP contribution in [-0.2, 0) is 0 Å². The first-order chi connectivity index (χ1) is 5.70. The Hall–Kier alpha value is -0.310. The van der Waals surface area contributed by atoms with E-state index in [1.165, 1.54) is 11.3 Å². The van der Waals surface area contributed by atoms with Gasteiger partial charge in [0.2, 0.25) is 0 Å². The summed E-state index contributed by atoms with van der Waals surface area (Å²) in [6.07, 6.45) is 0. The molecule has 0 atom stereocenters. The lowest BCUT2D eigenvalue weighted by atomic mass is 10.2. The molecule has 0 amide bonds. The van der Waals surface area contributed by atoms with Gasteiger partial charge in [0.05, 0.1) is 5.02 Å². The molecular weight excluding hydrogens is 218 g/mol. The number of thiophene rings is 1. The third-order valence-corrected chi connectivity index (χ3v) is 3.20. The van der Waals surface area contributed by atoms with Crippen LogP contribution in [0.2, 0.25) is 9.36 Å². The summed E-state index contributed by atoms with van der Waals surface area (Å²) in [4.78, 5) is 0. The average Bonchev–Trinajstić information content (AvgIpc) is 2.29. The van der Waals surface area contributed by atoms with E-state index in [1.807, 2.05) is 0 Å². The Kier molecular flexibility index (Phi) is 1.99. The van der Waals surface area contributed by atoms with Crippen molar-refractivity contribution in [2.24, 2.45) is 0 Å². The monoisotopic (exact) mass is 220 g/mol. The number of benzene rings is 1. The highest BCUT2D eigenvalue weighted by Gasteiger charge is 2.11. The van der Waals surface area contributed by atoms with Gasteiger partial charge in [-0.25, -0.2) is 4.39 Å². The zero-order chi connectivity index (χ0) is 8.72. The predicted molar refractivity (Wildman–Crippen MR) is 51.8 cm³/mol. The maximum Gasteiger partial charge on any atom is 0.162 e. The zero-order valence-electron chi connectivity index (χ0n) is 5.77. The molecule has 2 rings (SSSR count). The molecule has 1 aromatic carbocycles. The van der Waals surface area contributed by atoms with E-state index in [4.69, 9.17) is 23.2 Å². The predicted octanol–water partition coefficient (Wildman–Crippen LogP) is 4.35. The van der Waals surface area contributed by atoms with Crippen LogP contribution in [0.25, 0.3) is 10.1 Å². The summed E-state index contributed by atoms with van der Waals surface area (Å²) in [5, 5.41) is 0.835. The Bertz CT molecular complexity index is 436. The van der Waals surface area contributed by atoms with Crippen LogP contribution < -0.4 is 0 Å². The SMILES string of the molecule is Fc1c(Cl)sc2cccc(Cl)c12. The molecule has 62 valence electrons. The highest BCUT2D eigenvalue weighted by Crippen LogP contribution is 2.37. The first-order valence-electron chi connectivity index (χ1n) is 3.22. The maximum atomic E-state index is 13.2. The summed E-state index contributed by atoms with van der Waals surface area (Å²) in [6, 6.07) is 5.22. The minimum atomic E-state index is -0.415. The van der Waals surface area contributed by atoms with Crippen molar-refractivity contribution < 1.29 is 4.39 Å². The molecule has 1 heterocycles. The van der Waals surface area contributed by atoms with Crippen LogP contribution >= 0.6 is 34.5 Å².